The van der Waals surface area contributed by atoms with Crippen LogP contribution in [0.4, 0.5) is 0 Å². The Hall–Kier alpha value is -1.26. The normalized spacial score (nSPS) is 27.5. The van der Waals surface area contributed by atoms with Crippen molar-refractivity contribution in [2.45, 2.75) is 5.54 Å². The average molecular weight is 143 g/mol. The Morgan fingerprint density at radius 2 is 2.00 bits per heavy atom. The van der Waals surface area contributed by atoms with Crippen LogP contribution in [-0.2, 0) is 5.54 Å². The number of nitrogens with one attached hydrogen (secondary N) is 1. The number of benzene rings is 1. The van der Waals surface area contributed by atoms with E-state index in [1.807, 2.05) is 18.2 Å². The molecular weight excluding hydrogens is 134 g/mol. The van der Waals surface area contributed by atoms with Crippen LogP contribution < -0.4 is 5.32 Å². The van der Waals surface area contributed by atoms with E-state index in [2.05, 4.69) is 23.4 Å². The van der Waals surface area contributed by atoms with Gasteiger partial charge in [-0.05, 0) is 5.56 Å². The van der Waals surface area contributed by atoms with E-state index in [9.17, 15) is 0 Å². The van der Waals surface area contributed by atoms with Gasteiger partial charge in [-0.25, -0.2) is 0 Å². The highest BCUT2D eigenvalue weighted by atomic mass is 15.1. The van der Waals surface area contributed by atoms with Crippen molar-refractivity contribution in [2.75, 3.05) is 6.54 Å². The fourth-order valence-electron chi connectivity index (χ4n) is 1.20. The molecule has 1 heterocycles. The van der Waals surface area contributed by atoms with Gasteiger partial charge in [0.1, 0.15) is 5.54 Å². The minimum Gasteiger partial charge on any atom is -0.293 e. The molecule has 1 saturated heterocycles. The molecule has 1 aromatic carbocycles. The summed E-state index contributed by atoms with van der Waals surface area (Å²) in [6.07, 6.45) is 5.39. The number of hydrogen-bond acceptors (Lipinski definition) is 1. The van der Waals surface area contributed by atoms with Gasteiger partial charge in [0, 0.05) is 6.54 Å². The van der Waals surface area contributed by atoms with Crippen molar-refractivity contribution in [3.63, 3.8) is 0 Å². The summed E-state index contributed by atoms with van der Waals surface area (Å²) in [7, 11) is 0. The maximum atomic E-state index is 5.39. The monoisotopic (exact) mass is 143 g/mol. The van der Waals surface area contributed by atoms with Gasteiger partial charge in [0.05, 0.1) is 0 Å². The van der Waals surface area contributed by atoms with Gasteiger partial charge in [-0.1, -0.05) is 36.3 Å². The average Bonchev–Trinajstić information content (AvgIpc) is 2.86. The Bertz CT molecular complexity index is 290. The van der Waals surface area contributed by atoms with Gasteiger partial charge < -0.3 is 0 Å². The summed E-state index contributed by atoms with van der Waals surface area (Å²) in [5, 5.41) is 3.18. The predicted molar refractivity (Wildman–Crippen MR) is 45.0 cm³/mol. The van der Waals surface area contributed by atoms with Crippen molar-refractivity contribution in [2.24, 2.45) is 0 Å². The molecule has 54 valence electrons. The van der Waals surface area contributed by atoms with Crippen LogP contribution in [-0.4, -0.2) is 6.54 Å². The van der Waals surface area contributed by atoms with E-state index in [1.54, 1.807) is 0 Å². The first-order valence-corrected chi connectivity index (χ1v) is 3.66. The van der Waals surface area contributed by atoms with Crippen LogP contribution in [0.1, 0.15) is 5.56 Å². The Morgan fingerprint density at radius 3 is 2.45 bits per heavy atom. The minimum atomic E-state index is -0.138. The summed E-state index contributed by atoms with van der Waals surface area (Å²) in [6, 6.07) is 10.1. The highest BCUT2D eigenvalue weighted by Crippen LogP contribution is 2.28. The van der Waals surface area contributed by atoms with Crippen molar-refractivity contribution in [1.29, 1.82) is 0 Å². The molecule has 0 saturated carbocycles. The van der Waals surface area contributed by atoms with Gasteiger partial charge in [0.15, 0.2) is 0 Å². The van der Waals surface area contributed by atoms with E-state index < -0.39 is 0 Å². The molecule has 1 nitrogen and oxygen atoms in total. The molecule has 0 radical (unpaired) electrons. The summed E-state index contributed by atoms with van der Waals surface area (Å²) >= 11 is 0. The lowest BCUT2D eigenvalue weighted by atomic mass is 10.0. The largest absolute Gasteiger partial charge is 0.293 e. The molecule has 2 rings (SSSR count). The molecule has 11 heavy (non-hydrogen) atoms. The van der Waals surface area contributed by atoms with Crippen molar-refractivity contribution in [1.82, 2.24) is 5.32 Å². The van der Waals surface area contributed by atoms with E-state index in [-0.39, 0.29) is 5.54 Å². The first-order valence-electron chi connectivity index (χ1n) is 3.66. The smallest absolute Gasteiger partial charge is 0.118 e. The highest BCUT2D eigenvalue weighted by Gasteiger charge is 2.41. The van der Waals surface area contributed by atoms with Crippen LogP contribution >= 0.6 is 0 Å². The standard InChI is InChI=1S/C10H9N/c1-2-10(8-11-10)9-6-4-3-5-7-9/h1,3-7,11H,8H2. The second-order valence-electron chi connectivity index (χ2n) is 2.77. The lowest BCUT2D eigenvalue weighted by Gasteiger charge is -2.04. The van der Waals surface area contributed by atoms with E-state index in [1.165, 1.54) is 5.56 Å². The second-order valence-corrected chi connectivity index (χ2v) is 2.77. The van der Waals surface area contributed by atoms with E-state index >= 15 is 0 Å². The lowest BCUT2D eigenvalue weighted by molar-refractivity contribution is 0.897. The van der Waals surface area contributed by atoms with Gasteiger partial charge in [-0.2, -0.15) is 0 Å². The van der Waals surface area contributed by atoms with Crippen LogP contribution in [0.5, 0.6) is 0 Å². The Kier molecular flexibility index (Phi) is 1.24. The van der Waals surface area contributed by atoms with Crippen molar-refractivity contribution in [3.05, 3.63) is 35.9 Å². The van der Waals surface area contributed by atoms with Gasteiger partial charge >= 0.3 is 0 Å². The summed E-state index contributed by atoms with van der Waals surface area (Å²) in [5.74, 6) is 2.76. The fourth-order valence-corrected chi connectivity index (χ4v) is 1.20. The van der Waals surface area contributed by atoms with Crippen LogP contribution in [0.15, 0.2) is 30.3 Å². The van der Waals surface area contributed by atoms with Gasteiger partial charge in [-0.15, -0.1) is 6.42 Å². The first kappa shape index (κ1) is 6.45. The molecule has 0 amide bonds. The minimum absolute atomic E-state index is 0.138. The Labute approximate surface area is 66.4 Å². The van der Waals surface area contributed by atoms with Crippen LogP contribution in [0.25, 0.3) is 0 Å². The van der Waals surface area contributed by atoms with Gasteiger partial charge in [0.25, 0.3) is 0 Å². The molecule has 1 heteroatoms. The quantitative estimate of drug-likeness (QED) is 0.462. The van der Waals surface area contributed by atoms with E-state index in [0.717, 1.165) is 6.54 Å². The maximum Gasteiger partial charge on any atom is 0.118 e. The van der Waals surface area contributed by atoms with Crippen LogP contribution in [0.3, 0.4) is 0 Å². The fraction of sp³-hybridized carbons (Fsp3) is 0.200. The van der Waals surface area contributed by atoms with Crippen molar-refractivity contribution >= 4 is 0 Å². The molecule has 1 aromatic rings. The summed E-state index contributed by atoms with van der Waals surface area (Å²) < 4.78 is 0. The Balaban J connectivity index is 2.39. The number of rotatable bonds is 1. The lowest BCUT2D eigenvalue weighted by Crippen LogP contribution is -2.08. The molecule has 1 aliphatic heterocycles. The molecule has 1 N–H and O–H groups in total. The molecule has 1 fully saturated rings. The van der Waals surface area contributed by atoms with Crippen molar-refractivity contribution in [3.8, 4) is 12.3 Å². The predicted octanol–water partition coefficient (Wildman–Crippen LogP) is 1.12. The maximum absolute atomic E-state index is 5.39. The second kappa shape index (κ2) is 2.11. The van der Waals surface area contributed by atoms with E-state index in [4.69, 9.17) is 6.42 Å². The molecular formula is C10H9N. The zero-order valence-electron chi connectivity index (χ0n) is 6.17. The van der Waals surface area contributed by atoms with E-state index in [0.29, 0.717) is 0 Å². The Morgan fingerprint density at radius 1 is 1.36 bits per heavy atom. The summed E-state index contributed by atoms with van der Waals surface area (Å²) in [6.45, 7) is 0.910. The molecule has 1 atom stereocenters. The molecule has 1 aliphatic rings. The molecule has 0 aliphatic carbocycles. The van der Waals surface area contributed by atoms with Gasteiger partial charge in [0.2, 0.25) is 0 Å². The first-order chi connectivity index (χ1) is 5.37. The third-order valence-electron chi connectivity index (χ3n) is 2.04. The molecule has 0 spiro atoms. The molecule has 0 aromatic heterocycles. The van der Waals surface area contributed by atoms with Gasteiger partial charge in [-0.3, -0.25) is 5.32 Å². The molecule has 1 unspecified atom stereocenters. The number of terminal acetylenes is 1. The van der Waals surface area contributed by atoms with Crippen molar-refractivity contribution < 1.29 is 0 Å². The zero-order chi connectivity index (χ0) is 7.73. The topological polar surface area (TPSA) is 21.9 Å². The third kappa shape index (κ3) is 0.923. The summed E-state index contributed by atoms with van der Waals surface area (Å²) in [4.78, 5) is 0. The van der Waals surface area contributed by atoms with Crippen LogP contribution in [0.2, 0.25) is 0 Å². The zero-order valence-corrected chi connectivity index (χ0v) is 6.17. The van der Waals surface area contributed by atoms with Crippen LogP contribution in [0, 0.1) is 12.3 Å². The third-order valence-corrected chi connectivity index (χ3v) is 2.04. The number of hydrogen-bond donors (Lipinski definition) is 1. The summed E-state index contributed by atoms with van der Waals surface area (Å²) in [5.41, 5.74) is 1.06. The highest BCUT2D eigenvalue weighted by molar-refractivity contribution is 5.39. The SMILES string of the molecule is C#CC1(c2ccccc2)CN1. The molecule has 0 bridgehead atoms.